The van der Waals surface area contributed by atoms with Gasteiger partial charge in [0.15, 0.2) is 0 Å². The Bertz CT molecular complexity index is 1170. The molecule has 1 aliphatic carbocycles. The molecule has 2 heterocycles. The van der Waals surface area contributed by atoms with Crippen LogP contribution in [0.5, 0.6) is 0 Å². The number of anilines is 1. The van der Waals surface area contributed by atoms with E-state index in [9.17, 15) is 14.0 Å². The predicted octanol–water partition coefficient (Wildman–Crippen LogP) is 5.56. The Morgan fingerprint density at radius 1 is 1.24 bits per heavy atom. The first kappa shape index (κ1) is 23.7. The molecule has 0 bridgehead atoms. The molecule has 0 aliphatic heterocycles. The third-order valence-corrected chi connectivity index (χ3v) is 6.66. The van der Waals surface area contributed by atoms with Gasteiger partial charge in [-0.2, -0.15) is 0 Å². The maximum atomic E-state index is 13.8. The lowest BCUT2D eigenvalue weighted by Gasteiger charge is -2.30. The molecule has 180 valence electrons. The second kappa shape index (κ2) is 10.2. The summed E-state index contributed by atoms with van der Waals surface area (Å²) in [4.78, 5) is 29.2. The number of hydrogen-bond acceptors (Lipinski definition) is 5. The zero-order valence-corrected chi connectivity index (χ0v) is 19.5. The van der Waals surface area contributed by atoms with Gasteiger partial charge in [0.1, 0.15) is 23.0 Å². The lowest BCUT2D eigenvalue weighted by molar-refractivity contribution is -0.137. The molecule has 8 heteroatoms. The normalized spacial score (nSPS) is 15.3. The van der Waals surface area contributed by atoms with E-state index in [1.165, 1.54) is 29.7 Å². The van der Waals surface area contributed by atoms with E-state index in [0.29, 0.717) is 22.9 Å². The molecular formula is C26H30FN3O4. The van der Waals surface area contributed by atoms with Gasteiger partial charge < -0.3 is 19.7 Å². The number of benzene rings is 1. The number of amides is 1. The second-order valence-corrected chi connectivity index (χ2v) is 9.05. The molecule has 0 radical (unpaired) electrons. The molecule has 1 atom stereocenters. The number of carboxylic acid groups (broad SMARTS) is 1. The number of nitrogens with zero attached hydrogens (tertiary/aromatic N) is 2. The third kappa shape index (κ3) is 5.21. The molecule has 0 spiro atoms. The highest BCUT2D eigenvalue weighted by atomic mass is 19.1. The zero-order valence-electron chi connectivity index (χ0n) is 19.5. The molecule has 4 rings (SSSR count). The average Bonchev–Trinajstić information content (AvgIpc) is 3.16. The topological polar surface area (TPSA) is 95.7 Å². The second-order valence-electron chi connectivity index (χ2n) is 9.05. The van der Waals surface area contributed by atoms with Crippen LogP contribution >= 0.6 is 0 Å². The van der Waals surface area contributed by atoms with Gasteiger partial charge in [-0.1, -0.05) is 19.3 Å². The van der Waals surface area contributed by atoms with E-state index in [-0.39, 0.29) is 30.7 Å². The third-order valence-electron chi connectivity index (χ3n) is 6.66. The Morgan fingerprint density at radius 3 is 2.68 bits per heavy atom. The highest BCUT2D eigenvalue weighted by Crippen LogP contribution is 2.40. The van der Waals surface area contributed by atoms with Crippen molar-refractivity contribution in [3.05, 3.63) is 59.2 Å². The maximum absolute atomic E-state index is 13.8. The van der Waals surface area contributed by atoms with E-state index < -0.39 is 5.97 Å². The summed E-state index contributed by atoms with van der Waals surface area (Å²) in [5.41, 5.74) is 1.97. The standard InChI is InChI=1S/C26H30FN3O4/c1-16-20-14-19(27)9-10-21(20)34-25(16)24(17-6-4-3-5-7-17)29-22-11-8-18(15-28-22)26(33)30(2)13-12-23(31)32/h8-11,14-15,17,24H,3-7,12-13H2,1-2H3,(H,28,29)(H,31,32). The van der Waals surface area contributed by atoms with Crippen LogP contribution in [0.1, 0.15) is 66.2 Å². The van der Waals surface area contributed by atoms with Crippen molar-refractivity contribution in [2.75, 3.05) is 18.9 Å². The van der Waals surface area contributed by atoms with Crippen LogP contribution in [0.4, 0.5) is 10.2 Å². The number of carbonyl (C=O) groups excluding carboxylic acids is 1. The molecule has 1 fully saturated rings. The maximum Gasteiger partial charge on any atom is 0.305 e. The van der Waals surface area contributed by atoms with Crippen LogP contribution in [0.3, 0.4) is 0 Å². The molecule has 2 N–H and O–H groups in total. The highest BCUT2D eigenvalue weighted by molar-refractivity contribution is 5.94. The zero-order chi connectivity index (χ0) is 24.2. The summed E-state index contributed by atoms with van der Waals surface area (Å²) in [6.45, 7) is 2.09. The van der Waals surface area contributed by atoms with Gasteiger partial charge in [0.05, 0.1) is 18.0 Å². The van der Waals surface area contributed by atoms with Crippen molar-refractivity contribution in [3.63, 3.8) is 0 Å². The Morgan fingerprint density at radius 2 is 2.00 bits per heavy atom. The van der Waals surface area contributed by atoms with Crippen molar-refractivity contribution in [1.82, 2.24) is 9.88 Å². The van der Waals surface area contributed by atoms with Crippen LogP contribution < -0.4 is 5.32 Å². The van der Waals surface area contributed by atoms with E-state index in [1.807, 2.05) is 6.92 Å². The van der Waals surface area contributed by atoms with E-state index in [0.717, 1.165) is 42.4 Å². The molecule has 1 amide bonds. The van der Waals surface area contributed by atoms with Crippen LogP contribution in [-0.4, -0.2) is 40.5 Å². The van der Waals surface area contributed by atoms with Crippen LogP contribution in [0, 0.1) is 18.7 Å². The number of carboxylic acids is 1. The molecule has 7 nitrogen and oxygen atoms in total. The van der Waals surface area contributed by atoms with E-state index in [1.54, 1.807) is 25.2 Å². The average molecular weight is 468 g/mol. The van der Waals surface area contributed by atoms with Gasteiger partial charge in [-0.05, 0) is 56.0 Å². The van der Waals surface area contributed by atoms with Gasteiger partial charge in [0.2, 0.25) is 0 Å². The molecule has 34 heavy (non-hydrogen) atoms. The van der Waals surface area contributed by atoms with Crippen molar-refractivity contribution in [1.29, 1.82) is 0 Å². The summed E-state index contributed by atoms with van der Waals surface area (Å²) in [6, 6.07) is 7.90. The molecule has 1 aromatic carbocycles. The Balaban J connectivity index is 1.57. The highest BCUT2D eigenvalue weighted by Gasteiger charge is 2.30. The number of aromatic nitrogens is 1. The fraction of sp³-hybridized carbons (Fsp3) is 0.423. The molecule has 0 saturated heterocycles. The van der Waals surface area contributed by atoms with Gasteiger partial charge in [0, 0.05) is 30.7 Å². The van der Waals surface area contributed by atoms with Crippen LogP contribution in [0.15, 0.2) is 40.9 Å². The lowest BCUT2D eigenvalue weighted by atomic mass is 9.82. The fourth-order valence-electron chi connectivity index (χ4n) is 4.72. The summed E-state index contributed by atoms with van der Waals surface area (Å²) in [6.07, 6.45) is 7.04. The predicted molar refractivity (Wildman–Crippen MR) is 127 cm³/mol. The smallest absolute Gasteiger partial charge is 0.305 e. The number of fused-ring (bicyclic) bond motifs is 1. The van der Waals surface area contributed by atoms with Gasteiger partial charge in [-0.3, -0.25) is 9.59 Å². The lowest BCUT2D eigenvalue weighted by Crippen LogP contribution is -2.29. The van der Waals surface area contributed by atoms with Gasteiger partial charge in [-0.15, -0.1) is 0 Å². The first-order valence-electron chi connectivity index (χ1n) is 11.7. The molecular weight excluding hydrogens is 437 g/mol. The molecule has 1 aliphatic rings. The van der Waals surface area contributed by atoms with Crippen LogP contribution in [-0.2, 0) is 4.79 Å². The molecule has 1 saturated carbocycles. The number of nitrogens with one attached hydrogen (secondary N) is 1. The quantitative estimate of drug-likeness (QED) is 0.451. The van der Waals surface area contributed by atoms with Crippen LogP contribution in [0.2, 0.25) is 0 Å². The molecule has 2 aromatic heterocycles. The first-order valence-corrected chi connectivity index (χ1v) is 11.7. The van der Waals surface area contributed by atoms with Crippen molar-refractivity contribution >= 4 is 28.7 Å². The number of halogens is 1. The van der Waals surface area contributed by atoms with Gasteiger partial charge >= 0.3 is 5.97 Å². The Kier molecular flexibility index (Phi) is 7.14. The number of aliphatic carboxylic acids is 1. The number of furan rings is 1. The summed E-state index contributed by atoms with van der Waals surface area (Å²) in [5, 5.41) is 13.1. The van der Waals surface area contributed by atoms with E-state index >= 15 is 0 Å². The van der Waals surface area contributed by atoms with E-state index in [2.05, 4.69) is 10.3 Å². The monoisotopic (exact) mass is 467 g/mol. The summed E-state index contributed by atoms with van der Waals surface area (Å²) < 4.78 is 20.1. The minimum Gasteiger partial charge on any atom is -0.481 e. The Hall–Kier alpha value is -3.42. The summed E-state index contributed by atoms with van der Waals surface area (Å²) >= 11 is 0. The van der Waals surface area contributed by atoms with Crippen LogP contribution in [0.25, 0.3) is 11.0 Å². The Labute approximate surface area is 198 Å². The SMILES string of the molecule is Cc1c(C(Nc2ccc(C(=O)N(C)CCC(=O)O)cn2)C2CCCCC2)oc2ccc(F)cc12. The number of pyridine rings is 1. The summed E-state index contributed by atoms with van der Waals surface area (Å²) in [7, 11) is 1.57. The van der Waals surface area contributed by atoms with Crippen molar-refractivity contribution in [2.45, 2.75) is 51.5 Å². The largest absolute Gasteiger partial charge is 0.481 e. The summed E-state index contributed by atoms with van der Waals surface area (Å²) in [5.74, 6) is 0.242. The van der Waals surface area contributed by atoms with E-state index in [4.69, 9.17) is 9.52 Å². The number of carbonyl (C=O) groups is 2. The molecule has 1 unspecified atom stereocenters. The fourth-order valence-corrected chi connectivity index (χ4v) is 4.72. The number of hydrogen-bond donors (Lipinski definition) is 2. The number of rotatable bonds is 8. The van der Waals surface area contributed by atoms with Gasteiger partial charge in [-0.25, -0.2) is 9.37 Å². The minimum atomic E-state index is -0.949. The van der Waals surface area contributed by atoms with Crippen molar-refractivity contribution in [3.8, 4) is 0 Å². The first-order chi connectivity index (χ1) is 16.3. The van der Waals surface area contributed by atoms with Gasteiger partial charge in [0.25, 0.3) is 5.91 Å². The van der Waals surface area contributed by atoms with Crippen molar-refractivity contribution < 1.29 is 23.5 Å². The molecule has 3 aromatic rings. The minimum absolute atomic E-state index is 0.112. The number of aryl methyl sites for hydroxylation is 1. The van der Waals surface area contributed by atoms with Crippen molar-refractivity contribution in [2.24, 2.45) is 5.92 Å².